The maximum atomic E-state index is 10.8. The molecule has 0 fully saturated rings. The molecule has 11 heavy (non-hydrogen) atoms. The summed E-state index contributed by atoms with van der Waals surface area (Å²) in [5, 5.41) is 14.7. The van der Waals surface area contributed by atoms with Crippen molar-refractivity contribution in [2.75, 3.05) is 6.26 Å². The summed E-state index contributed by atoms with van der Waals surface area (Å²) in [6.07, 6.45) is 4.23. The maximum Gasteiger partial charge on any atom is 0.136 e. The zero-order chi connectivity index (χ0) is 8.27. The van der Waals surface area contributed by atoms with Gasteiger partial charge in [-0.2, -0.15) is 9.19 Å². The van der Waals surface area contributed by atoms with Crippen LogP contribution < -0.4 is 0 Å². The van der Waals surface area contributed by atoms with Crippen molar-refractivity contribution in [2.24, 2.45) is 5.16 Å². The standard InChI is InChI=1S/C5H7N3O2S/c1-11(10)8-3-2-5(7-8)4-6-9/h2-4,9H,1H3. The fourth-order valence-corrected chi connectivity index (χ4v) is 1.03. The molecule has 1 heterocycles. The maximum absolute atomic E-state index is 10.8. The smallest absolute Gasteiger partial charge is 0.136 e. The normalized spacial score (nSPS) is 13.9. The second-order valence-corrected chi connectivity index (χ2v) is 3.03. The summed E-state index contributed by atoms with van der Waals surface area (Å²) in [4.78, 5) is 0. The van der Waals surface area contributed by atoms with Gasteiger partial charge in [-0.3, -0.25) is 0 Å². The van der Waals surface area contributed by atoms with Gasteiger partial charge in [-0.1, -0.05) is 5.16 Å². The van der Waals surface area contributed by atoms with E-state index in [0.29, 0.717) is 5.69 Å². The molecule has 0 radical (unpaired) electrons. The highest BCUT2D eigenvalue weighted by Gasteiger charge is 1.97. The van der Waals surface area contributed by atoms with Crippen LogP contribution in [0.2, 0.25) is 0 Å². The van der Waals surface area contributed by atoms with Crippen LogP contribution in [0.25, 0.3) is 0 Å². The first-order valence-corrected chi connectivity index (χ1v) is 4.32. The van der Waals surface area contributed by atoms with Crippen LogP contribution in [0.1, 0.15) is 5.69 Å². The summed E-state index contributed by atoms with van der Waals surface area (Å²) < 4.78 is 12.0. The lowest BCUT2D eigenvalue weighted by molar-refractivity contribution is 0.321. The molecular formula is C5H7N3O2S. The van der Waals surface area contributed by atoms with Crippen LogP contribution in [0.3, 0.4) is 0 Å². The van der Waals surface area contributed by atoms with E-state index in [-0.39, 0.29) is 0 Å². The van der Waals surface area contributed by atoms with Crippen LogP contribution in [-0.4, -0.2) is 31.1 Å². The largest absolute Gasteiger partial charge is 0.411 e. The van der Waals surface area contributed by atoms with Gasteiger partial charge in [0.25, 0.3) is 0 Å². The van der Waals surface area contributed by atoms with E-state index in [1.54, 1.807) is 12.3 Å². The summed E-state index contributed by atoms with van der Waals surface area (Å²) in [5.41, 5.74) is 0.475. The van der Waals surface area contributed by atoms with E-state index in [9.17, 15) is 4.21 Å². The third kappa shape index (κ3) is 1.87. The van der Waals surface area contributed by atoms with Gasteiger partial charge in [0, 0.05) is 12.5 Å². The zero-order valence-corrected chi connectivity index (χ0v) is 6.65. The summed E-state index contributed by atoms with van der Waals surface area (Å²) in [6.45, 7) is 0. The first-order valence-electron chi connectivity index (χ1n) is 2.81. The van der Waals surface area contributed by atoms with Gasteiger partial charge < -0.3 is 5.21 Å². The summed E-state index contributed by atoms with van der Waals surface area (Å²) >= 11 is 0. The Labute approximate surface area is 65.9 Å². The molecule has 1 aromatic heterocycles. The van der Waals surface area contributed by atoms with E-state index in [0.717, 1.165) is 0 Å². The second kappa shape index (κ2) is 3.29. The Morgan fingerprint density at radius 3 is 3.09 bits per heavy atom. The molecule has 60 valence electrons. The van der Waals surface area contributed by atoms with Crippen LogP contribution in [0.15, 0.2) is 17.4 Å². The molecule has 0 aliphatic carbocycles. The van der Waals surface area contributed by atoms with Crippen molar-refractivity contribution < 1.29 is 9.42 Å². The minimum Gasteiger partial charge on any atom is -0.411 e. The molecule has 0 saturated heterocycles. The Morgan fingerprint density at radius 1 is 1.91 bits per heavy atom. The van der Waals surface area contributed by atoms with Gasteiger partial charge in [-0.15, -0.1) is 0 Å². The SMILES string of the molecule is CS(=O)n1ccc(C=NO)n1. The van der Waals surface area contributed by atoms with Crippen LogP contribution >= 0.6 is 0 Å². The molecule has 1 atom stereocenters. The van der Waals surface area contributed by atoms with Crippen molar-refractivity contribution in [1.82, 2.24) is 9.19 Å². The number of hydrogen-bond acceptors (Lipinski definition) is 4. The van der Waals surface area contributed by atoms with Gasteiger partial charge in [0.15, 0.2) is 0 Å². The predicted octanol–water partition coefficient (Wildman–Crippen LogP) is -0.167. The molecule has 1 aromatic rings. The van der Waals surface area contributed by atoms with E-state index < -0.39 is 11.0 Å². The van der Waals surface area contributed by atoms with E-state index in [4.69, 9.17) is 5.21 Å². The third-order valence-corrected chi connectivity index (χ3v) is 1.77. The van der Waals surface area contributed by atoms with Crippen molar-refractivity contribution in [3.63, 3.8) is 0 Å². The first-order chi connectivity index (χ1) is 5.24. The molecule has 0 spiro atoms. The lowest BCUT2D eigenvalue weighted by Crippen LogP contribution is -2.02. The van der Waals surface area contributed by atoms with Gasteiger partial charge in [0.05, 0.1) is 6.21 Å². The Morgan fingerprint density at radius 2 is 2.64 bits per heavy atom. The van der Waals surface area contributed by atoms with Crippen LogP contribution in [0, 0.1) is 0 Å². The van der Waals surface area contributed by atoms with E-state index >= 15 is 0 Å². The van der Waals surface area contributed by atoms with Crippen molar-refractivity contribution in [1.29, 1.82) is 0 Å². The first kappa shape index (κ1) is 7.93. The highest BCUT2D eigenvalue weighted by Crippen LogP contribution is 1.92. The topological polar surface area (TPSA) is 67.5 Å². The Hall–Kier alpha value is -1.17. The fraction of sp³-hybridized carbons (Fsp3) is 0.200. The Balaban J connectivity index is 2.90. The zero-order valence-electron chi connectivity index (χ0n) is 5.84. The van der Waals surface area contributed by atoms with Crippen molar-refractivity contribution in [2.45, 2.75) is 0 Å². The molecule has 6 heteroatoms. The van der Waals surface area contributed by atoms with Gasteiger partial charge in [0.1, 0.15) is 16.7 Å². The molecule has 0 amide bonds. The van der Waals surface area contributed by atoms with Crippen LogP contribution in [0.5, 0.6) is 0 Å². The lowest BCUT2D eigenvalue weighted by atomic mass is 10.5. The summed E-state index contributed by atoms with van der Waals surface area (Å²) in [6, 6.07) is 1.60. The number of hydrogen-bond donors (Lipinski definition) is 1. The minimum absolute atomic E-state index is 0.475. The summed E-state index contributed by atoms with van der Waals surface area (Å²) in [7, 11) is -1.15. The predicted molar refractivity (Wildman–Crippen MR) is 41.1 cm³/mol. The van der Waals surface area contributed by atoms with Crippen LogP contribution in [-0.2, 0) is 11.0 Å². The molecule has 0 aliphatic heterocycles. The molecule has 0 saturated carbocycles. The molecule has 1 unspecified atom stereocenters. The second-order valence-electron chi connectivity index (χ2n) is 1.81. The molecular weight excluding hydrogens is 166 g/mol. The highest BCUT2D eigenvalue weighted by atomic mass is 32.2. The Bertz CT molecular complexity index is 294. The third-order valence-electron chi connectivity index (χ3n) is 1.04. The van der Waals surface area contributed by atoms with E-state index in [2.05, 4.69) is 10.3 Å². The number of nitrogens with zero attached hydrogens (tertiary/aromatic N) is 3. The van der Waals surface area contributed by atoms with Gasteiger partial charge in [-0.25, -0.2) is 4.21 Å². The van der Waals surface area contributed by atoms with Crippen LogP contribution in [0.4, 0.5) is 0 Å². The van der Waals surface area contributed by atoms with Crippen molar-refractivity contribution in [3.05, 3.63) is 18.0 Å². The lowest BCUT2D eigenvalue weighted by Gasteiger charge is -1.89. The monoisotopic (exact) mass is 173 g/mol. The number of aromatic nitrogens is 2. The van der Waals surface area contributed by atoms with E-state index in [1.807, 2.05) is 0 Å². The summed E-state index contributed by atoms with van der Waals surface area (Å²) in [5.74, 6) is 0. The van der Waals surface area contributed by atoms with Gasteiger partial charge in [0.2, 0.25) is 0 Å². The molecule has 1 N–H and O–H groups in total. The molecule has 1 rings (SSSR count). The van der Waals surface area contributed by atoms with Gasteiger partial charge >= 0.3 is 0 Å². The van der Waals surface area contributed by atoms with Crippen molar-refractivity contribution >= 4 is 17.2 Å². The molecule has 5 nitrogen and oxygen atoms in total. The average molecular weight is 173 g/mol. The molecule has 0 aliphatic rings. The van der Waals surface area contributed by atoms with Crippen molar-refractivity contribution in [3.8, 4) is 0 Å². The minimum atomic E-state index is -1.15. The fourth-order valence-electron chi connectivity index (χ4n) is 0.592. The average Bonchev–Trinajstić information content (AvgIpc) is 2.37. The number of oxime groups is 1. The van der Waals surface area contributed by atoms with Gasteiger partial charge in [-0.05, 0) is 6.07 Å². The molecule has 0 aromatic carbocycles. The molecule has 0 bridgehead atoms. The number of rotatable bonds is 2. The quantitative estimate of drug-likeness (QED) is 0.383. The highest BCUT2D eigenvalue weighted by molar-refractivity contribution is 7.82. The van der Waals surface area contributed by atoms with E-state index in [1.165, 1.54) is 16.6 Å². The Kier molecular flexibility index (Phi) is 2.37.